The third-order valence-electron chi connectivity index (χ3n) is 14.1. The highest BCUT2D eigenvalue weighted by molar-refractivity contribution is 6.73. The Hall–Kier alpha value is -6.26. The van der Waals surface area contributed by atoms with Gasteiger partial charge in [-0.2, -0.15) is 0 Å². The lowest BCUT2D eigenvalue weighted by atomic mass is 9.58. The van der Waals surface area contributed by atoms with Gasteiger partial charge in [-0.1, -0.05) is 151 Å². The molecular weight excluding hydrogens is 739 g/mol. The third-order valence-corrected chi connectivity index (χ3v) is 14.1. The second-order valence-corrected chi connectivity index (χ2v) is 20.2. The molecular formula is C57H53BN2O. The molecule has 0 amide bonds. The summed E-state index contributed by atoms with van der Waals surface area (Å²) in [6, 6.07) is 51.6. The van der Waals surface area contributed by atoms with Crippen LogP contribution in [-0.2, 0) is 16.2 Å². The quantitative estimate of drug-likeness (QED) is 0.176. The smallest absolute Gasteiger partial charge is 0.198 e. The molecule has 0 bridgehead atoms. The van der Waals surface area contributed by atoms with Crippen LogP contribution in [0.2, 0.25) is 0 Å². The van der Waals surface area contributed by atoms with Crippen LogP contribution in [0.25, 0.3) is 72.0 Å². The van der Waals surface area contributed by atoms with E-state index in [9.17, 15) is 0 Å². The zero-order valence-electron chi connectivity index (χ0n) is 36.8. The van der Waals surface area contributed by atoms with Crippen LogP contribution in [0.3, 0.4) is 0 Å². The predicted molar refractivity (Wildman–Crippen MR) is 262 cm³/mol. The molecule has 7 aromatic carbocycles. The number of benzene rings is 7. The van der Waals surface area contributed by atoms with Gasteiger partial charge in [-0.25, -0.2) is 0 Å². The Kier molecular flexibility index (Phi) is 8.27. The lowest BCUT2D eigenvalue weighted by Crippen LogP contribution is -2.37. The minimum atomic E-state index is 0.0750. The molecule has 0 saturated carbocycles. The molecule has 0 fully saturated rings. The Balaban J connectivity index is 1.21. The van der Waals surface area contributed by atoms with Crippen LogP contribution in [0.15, 0.2) is 144 Å². The van der Waals surface area contributed by atoms with Gasteiger partial charge in [0.05, 0.1) is 5.52 Å². The number of rotatable bonds is 5. The molecule has 0 radical (unpaired) electrons. The van der Waals surface area contributed by atoms with E-state index in [4.69, 9.17) is 4.42 Å². The second-order valence-electron chi connectivity index (χ2n) is 20.2. The number of nitrogens with one attached hydrogen (secondary N) is 1. The van der Waals surface area contributed by atoms with Gasteiger partial charge in [0, 0.05) is 55.4 Å². The summed E-state index contributed by atoms with van der Waals surface area (Å²) in [5, 5.41) is 7.70. The summed E-state index contributed by atoms with van der Waals surface area (Å²) in [7, 11) is 0.793. The molecule has 300 valence electrons. The van der Waals surface area contributed by atoms with Gasteiger partial charge >= 0.3 is 0 Å². The SMILES string of the molecule is Cc1cc(-c2ccccc2Nc2ccc(C(C)(C)C)cc2)c2c3c1c1cc4c(cc1n3-c1cc3c(-c5ccccc5)c(-c5ccccc5)oc3cc1B2)C(C)(C)CCC4(C)C. The van der Waals surface area contributed by atoms with Gasteiger partial charge in [0.15, 0.2) is 7.28 Å². The normalized spacial score (nSPS) is 15.1. The zero-order valence-corrected chi connectivity index (χ0v) is 36.8. The second kappa shape index (κ2) is 13.4. The topological polar surface area (TPSA) is 30.1 Å². The highest BCUT2D eigenvalue weighted by Crippen LogP contribution is 2.50. The first-order chi connectivity index (χ1) is 29.3. The van der Waals surface area contributed by atoms with Gasteiger partial charge in [-0.15, -0.1) is 0 Å². The van der Waals surface area contributed by atoms with Crippen molar-refractivity contribution in [2.75, 3.05) is 5.32 Å². The number of para-hydroxylation sites is 1. The largest absolute Gasteiger partial charge is 0.455 e. The maximum atomic E-state index is 6.99. The summed E-state index contributed by atoms with van der Waals surface area (Å²) in [4.78, 5) is 0. The molecule has 2 aromatic heterocycles. The molecule has 2 aliphatic rings. The van der Waals surface area contributed by atoms with Crippen molar-refractivity contribution < 1.29 is 4.42 Å². The minimum Gasteiger partial charge on any atom is -0.455 e. The maximum Gasteiger partial charge on any atom is 0.198 e. The van der Waals surface area contributed by atoms with E-state index in [-0.39, 0.29) is 16.2 Å². The molecule has 11 rings (SSSR count). The number of hydrogen-bond donors (Lipinski definition) is 1. The Morgan fingerprint density at radius 1 is 0.656 bits per heavy atom. The molecule has 0 saturated heterocycles. The Bertz CT molecular complexity index is 3210. The first-order valence-electron chi connectivity index (χ1n) is 22.1. The van der Waals surface area contributed by atoms with Crippen LogP contribution in [0.5, 0.6) is 0 Å². The van der Waals surface area contributed by atoms with Crippen molar-refractivity contribution >= 4 is 62.4 Å². The van der Waals surface area contributed by atoms with E-state index in [1.807, 2.05) is 0 Å². The van der Waals surface area contributed by atoms with Crippen LogP contribution >= 0.6 is 0 Å². The number of aryl methyl sites for hydroxylation is 1. The van der Waals surface area contributed by atoms with Crippen molar-refractivity contribution in [1.29, 1.82) is 0 Å². The van der Waals surface area contributed by atoms with E-state index in [1.54, 1.807) is 0 Å². The van der Waals surface area contributed by atoms with Crippen LogP contribution < -0.4 is 16.2 Å². The molecule has 9 aromatic rings. The van der Waals surface area contributed by atoms with Crippen molar-refractivity contribution in [3.63, 3.8) is 0 Å². The predicted octanol–water partition coefficient (Wildman–Crippen LogP) is 13.9. The summed E-state index contributed by atoms with van der Waals surface area (Å²) in [6.07, 6.45) is 2.35. The molecule has 3 nitrogen and oxygen atoms in total. The Morgan fingerprint density at radius 3 is 1.98 bits per heavy atom. The number of furan rings is 1. The maximum absolute atomic E-state index is 6.99. The monoisotopic (exact) mass is 792 g/mol. The van der Waals surface area contributed by atoms with E-state index in [0.29, 0.717) is 0 Å². The van der Waals surface area contributed by atoms with Crippen LogP contribution in [0, 0.1) is 6.92 Å². The summed E-state index contributed by atoms with van der Waals surface area (Å²) < 4.78 is 9.63. The molecule has 1 aliphatic heterocycles. The lowest BCUT2D eigenvalue weighted by molar-refractivity contribution is 0.332. The fraction of sp³-hybridized carbons (Fsp3) is 0.228. The lowest BCUT2D eigenvalue weighted by Gasteiger charge is -2.42. The first kappa shape index (κ1) is 37.7. The van der Waals surface area contributed by atoms with Crippen molar-refractivity contribution in [3.8, 4) is 39.3 Å². The van der Waals surface area contributed by atoms with Crippen LogP contribution in [-0.4, -0.2) is 11.8 Å². The van der Waals surface area contributed by atoms with E-state index in [2.05, 4.69) is 205 Å². The fourth-order valence-electron chi connectivity index (χ4n) is 10.6. The molecule has 0 spiro atoms. The van der Waals surface area contributed by atoms with Gasteiger partial charge in [0.25, 0.3) is 0 Å². The van der Waals surface area contributed by atoms with Gasteiger partial charge < -0.3 is 14.3 Å². The molecule has 61 heavy (non-hydrogen) atoms. The minimum absolute atomic E-state index is 0.0750. The van der Waals surface area contributed by atoms with Gasteiger partial charge in [-0.3, -0.25) is 0 Å². The Labute approximate surface area is 360 Å². The Morgan fingerprint density at radius 2 is 1.30 bits per heavy atom. The van der Waals surface area contributed by atoms with Crippen molar-refractivity contribution in [2.24, 2.45) is 0 Å². The van der Waals surface area contributed by atoms with Gasteiger partial charge in [0.1, 0.15) is 11.3 Å². The number of hydrogen-bond acceptors (Lipinski definition) is 2. The highest BCUT2D eigenvalue weighted by atomic mass is 16.3. The molecule has 3 heterocycles. The zero-order chi connectivity index (χ0) is 42.0. The highest BCUT2D eigenvalue weighted by Gasteiger charge is 2.39. The van der Waals surface area contributed by atoms with Gasteiger partial charge in [0.2, 0.25) is 0 Å². The molecule has 1 aliphatic carbocycles. The van der Waals surface area contributed by atoms with Crippen molar-refractivity contribution in [3.05, 3.63) is 162 Å². The molecule has 4 heteroatoms. The number of aromatic nitrogens is 1. The van der Waals surface area contributed by atoms with E-state index >= 15 is 0 Å². The van der Waals surface area contributed by atoms with E-state index < -0.39 is 0 Å². The van der Waals surface area contributed by atoms with Crippen molar-refractivity contribution in [1.82, 2.24) is 4.57 Å². The molecule has 0 atom stereocenters. The van der Waals surface area contributed by atoms with Gasteiger partial charge in [-0.05, 0) is 117 Å². The number of anilines is 2. The summed E-state index contributed by atoms with van der Waals surface area (Å²) in [5.74, 6) is 0.911. The average Bonchev–Trinajstić information content (AvgIpc) is 3.80. The first-order valence-corrected chi connectivity index (χ1v) is 22.1. The molecule has 0 unspecified atom stereocenters. The van der Waals surface area contributed by atoms with Crippen molar-refractivity contribution in [2.45, 2.75) is 84.5 Å². The van der Waals surface area contributed by atoms with E-state index in [0.717, 1.165) is 52.1 Å². The summed E-state index contributed by atoms with van der Waals surface area (Å²) >= 11 is 0. The summed E-state index contributed by atoms with van der Waals surface area (Å²) in [6.45, 7) is 18.9. The molecule has 1 N–H and O–H groups in total. The van der Waals surface area contributed by atoms with Crippen LogP contribution in [0.1, 0.15) is 83.6 Å². The fourth-order valence-corrected chi connectivity index (χ4v) is 10.6. The summed E-state index contributed by atoms with van der Waals surface area (Å²) in [5.41, 5.74) is 21.4. The third kappa shape index (κ3) is 5.93. The average molecular weight is 793 g/mol. The standard InChI is InChI=1S/C57H53BN2O/c1-34-29-40(39-21-15-16-22-46(39)59-38-25-23-37(24-26-38)55(2,3)4)52-53-50(34)41-30-43-44(57(7,8)28-27-56(43,5)6)32-47(41)60(53)48-31-42-49(33-45(48)58-52)61-54(36-19-13-10-14-20-36)51(42)35-17-11-9-12-18-35/h9-26,29-33,58-59H,27-28H2,1-8H3. The number of fused-ring (bicyclic) bond motifs is 7. The van der Waals surface area contributed by atoms with E-state index in [1.165, 1.54) is 84.6 Å². The van der Waals surface area contributed by atoms with Crippen LogP contribution in [0.4, 0.5) is 11.4 Å². The number of nitrogens with zero attached hydrogens (tertiary/aromatic N) is 1.